The Morgan fingerprint density at radius 3 is 2.67 bits per heavy atom. The molecule has 0 aliphatic heterocycles. The predicted octanol–water partition coefficient (Wildman–Crippen LogP) is 4.41. The first-order valence-corrected chi connectivity index (χ1v) is 10.3. The lowest BCUT2D eigenvalue weighted by Gasteiger charge is -2.08. The third-order valence-electron chi connectivity index (χ3n) is 3.84. The minimum absolute atomic E-state index is 0.0951. The monoisotopic (exact) mass is 392 g/mol. The molecule has 1 amide bonds. The summed E-state index contributed by atoms with van der Waals surface area (Å²) in [6.07, 6.45) is 2.33. The summed E-state index contributed by atoms with van der Waals surface area (Å²) in [5.41, 5.74) is 2.05. The van der Waals surface area contributed by atoms with Crippen molar-refractivity contribution in [1.82, 2.24) is 15.0 Å². The van der Waals surface area contributed by atoms with Crippen LogP contribution < -0.4 is 5.32 Å². The van der Waals surface area contributed by atoms with Gasteiger partial charge in [0, 0.05) is 23.4 Å². The lowest BCUT2D eigenvalue weighted by atomic mass is 10.1. The molecule has 0 aliphatic carbocycles. The van der Waals surface area contributed by atoms with E-state index in [9.17, 15) is 4.79 Å². The van der Waals surface area contributed by atoms with Crippen molar-refractivity contribution < 1.29 is 4.79 Å². The summed E-state index contributed by atoms with van der Waals surface area (Å²) in [7, 11) is 0. The quantitative estimate of drug-likeness (QED) is 0.389. The molecule has 0 fully saturated rings. The second kappa shape index (κ2) is 8.28. The number of rotatable bonds is 6. The Hall–Kier alpha value is -2.77. The third kappa shape index (κ3) is 4.50. The van der Waals surface area contributed by atoms with Crippen LogP contribution in [0.15, 0.2) is 71.2 Å². The van der Waals surface area contributed by atoms with E-state index in [0.717, 1.165) is 27.3 Å². The van der Waals surface area contributed by atoms with Crippen molar-refractivity contribution in [2.24, 2.45) is 0 Å². The summed E-state index contributed by atoms with van der Waals surface area (Å²) >= 11 is 2.82. The Bertz CT molecular complexity index is 1050. The number of aromatic nitrogens is 3. The third-order valence-corrected chi connectivity index (χ3v) is 5.52. The lowest BCUT2D eigenvalue weighted by Crippen LogP contribution is -2.14. The van der Waals surface area contributed by atoms with Crippen LogP contribution in [-0.2, 0) is 11.2 Å². The summed E-state index contributed by atoms with van der Waals surface area (Å²) in [6, 6.07) is 18.0. The Morgan fingerprint density at radius 1 is 1.04 bits per heavy atom. The highest BCUT2D eigenvalue weighted by atomic mass is 32.2. The SMILES string of the molecule is O=C(CSc1nc(Cc2ccccc2)nc2ccccc12)Nc1nccs1. The predicted molar refractivity (Wildman–Crippen MR) is 110 cm³/mol. The van der Waals surface area contributed by atoms with Gasteiger partial charge in [0.25, 0.3) is 0 Å². The van der Waals surface area contributed by atoms with E-state index in [1.165, 1.54) is 23.1 Å². The average molecular weight is 393 g/mol. The van der Waals surface area contributed by atoms with Gasteiger partial charge in [-0.05, 0) is 11.6 Å². The van der Waals surface area contributed by atoms with Crippen LogP contribution in [-0.4, -0.2) is 26.6 Å². The molecule has 0 aliphatic rings. The fourth-order valence-corrected chi connectivity index (χ4v) is 4.02. The number of fused-ring (bicyclic) bond motifs is 1. The first-order chi connectivity index (χ1) is 13.3. The smallest absolute Gasteiger partial charge is 0.236 e. The van der Waals surface area contributed by atoms with Crippen LogP contribution in [0.25, 0.3) is 10.9 Å². The fraction of sp³-hybridized carbons (Fsp3) is 0.100. The largest absolute Gasteiger partial charge is 0.301 e. The number of benzene rings is 2. The van der Waals surface area contributed by atoms with Gasteiger partial charge in [-0.1, -0.05) is 60.3 Å². The van der Waals surface area contributed by atoms with Crippen molar-refractivity contribution in [2.75, 3.05) is 11.1 Å². The zero-order valence-electron chi connectivity index (χ0n) is 14.3. The maximum absolute atomic E-state index is 12.2. The highest BCUT2D eigenvalue weighted by Crippen LogP contribution is 2.26. The van der Waals surface area contributed by atoms with Crippen molar-refractivity contribution in [3.8, 4) is 0 Å². The van der Waals surface area contributed by atoms with Gasteiger partial charge in [-0.2, -0.15) is 0 Å². The Balaban J connectivity index is 1.55. The van der Waals surface area contributed by atoms with Gasteiger partial charge in [0.2, 0.25) is 5.91 Å². The van der Waals surface area contributed by atoms with Gasteiger partial charge >= 0.3 is 0 Å². The number of hydrogen-bond donors (Lipinski definition) is 1. The molecule has 0 radical (unpaired) electrons. The number of nitrogens with one attached hydrogen (secondary N) is 1. The Labute approximate surface area is 164 Å². The number of anilines is 1. The highest BCUT2D eigenvalue weighted by molar-refractivity contribution is 8.00. The van der Waals surface area contributed by atoms with Crippen LogP contribution >= 0.6 is 23.1 Å². The van der Waals surface area contributed by atoms with Crippen molar-refractivity contribution in [1.29, 1.82) is 0 Å². The molecular formula is C20H16N4OS2. The minimum Gasteiger partial charge on any atom is -0.301 e. The van der Waals surface area contributed by atoms with Crippen LogP contribution in [0.1, 0.15) is 11.4 Å². The maximum Gasteiger partial charge on any atom is 0.236 e. The second-order valence-corrected chi connectivity index (χ2v) is 7.66. The number of amides is 1. The number of carbonyl (C=O) groups is 1. The lowest BCUT2D eigenvalue weighted by molar-refractivity contribution is -0.113. The summed E-state index contributed by atoms with van der Waals surface area (Å²) < 4.78 is 0. The van der Waals surface area contributed by atoms with E-state index in [1.54, 1.807) is 6.20 Å². The van der Waals surface area contributed by atoms with Crippen LogP contribution in [0.4, 0.5) is 5.13 Å². The summed E-state index contributed by atoms with van der Waals surface area (Å²) in [6.45, 7) is 0. The molecule has 0 atom stereocenters. The van der Waals surface area contributed by atoms with Crippen molar-refractivity contribution in [2.45, 2.75) is 11.4 Å². The van der Waals surface area contributed by atoms with Gasteiger partial charge in [-0.3, -0.25) is 4.79 Å². The van der Waals surface area contributed by atoms with Crippen LogP contribution in [0.5, 0.6) is 0 Å². The summed E-state index contributed by atoms with van der Waals surface area (Å²) in [5.74, 6) is 0.927. The van der Waals surface area contributed by atoms with Gasteiger partial charge < -0.3 is 5.32 Å². The van der Waals surface area contributed by atoms with Gasteiger partial charge in [-0.15, -0.1) is 11.3 Å². The first kappa shape index (κ1) is 17.6. The number of carbonyl (C=O) groups excluding carboxylic acids is 1. The highest BCUT2D eigenvalue weighted by Gasteiger charge is 2.11. The van der Waals surface area contributed by atoms with Gasteiger partial charge in [0.05, 0.1) is 11.3 Å². The first-order valence-electron chi connectivity index (χ1n) is 8.40. The Morgan fingerprint density at radius 2 is 1.85 bits per heavy atom. The molecule has 5 nitrogen and oxygen atoms in total. The van der Waals surface area contributed by atoms with Gasteiger partial charge in [0.15, 0.2) is 5.13 Å². The van der Waals surface area contributed by atoms with E-state index in [-0.39, 0.29) is 11.7 Å². The van der Waals surface area contributed by atoms with E-state index in [0.29, 0.717) is 11.6 Å². The molecule has 0 saturated heterocycles. The molecule has 2 heterocycles. The van der Waals surface area contributed by atoms with Crippen LogP contribution in [0.3, 0.4) is 0 Å². The zero-order chi connectivity index (χ0) is 18.5. The number of thioether (sulfide) groups is 1. The van der Waals surface area contributed by atoms with Crippen molar-refractivity contribution in [3.05, 3.63) is 77.6 Å². The number of hydrogen-bond acceptors (Lipinski definition) is 6. The average Bonchev–Trinajstić information content (AvgIpc) is 3.20. The molecule has 27 heavy (non-hydrogen) atoms. The molecule has 2 aromatic heterocycles. The van der Waals surface area contributed by atoms with E-state index < -0.39 is 0 Å². The number of nitrogens with zero attached hydrogens (tertiary/aromatic N) is 3. The van der Waals surface area contributed by atoms with Crippen LogP contribution in [0, 0.1) is 0 Å². The molecule has 134 valence electrons. The standard InChI is InChI=1S/C20H16N4OS2/c25-18(24-20-21-10-11-26-20)13-27-19-15-8-4-5-9-16(15)22-17(23-19)12-14-6-2-1-3-7-14/h1-11H,12-13H2,(H,21,24,25). The van der Waals surface area contributed by atoms with E-state index >= 15 is 0 Å². The maximum atomic E-state index is 12.2. The van der Waals surface area contributed by atoms with E-state index in [4.69, 9.17) is 4.98 Å². The zero-order valence-corrected chi connectivity index (χ0v) is 16.0. The summed E-state index contributed by atoms with van der Waals surface area (Å²) in [4.78, 5) is 25.7. The molecule has 0 spiro atoms. The molecule has 4 aromatic rings. The Kier molecular flexibility index (Phi) is 5.41. The molecule has 0 bridgehead atoms. The normalized spacial score (nSPS) is 10.8. The molecule has 7 heteroatoms. The number of para-hydroxylation sites is 1. The van der Waals surface area contributed by atoms with Crippen molar-refractivity contribution >= 4 is 45.0 Å². The van der Waals surface area contributed by atoms with Gasteiger partial charge in [0.1, 0.15) is 10.9 Å². The summed E-state index contributed by atoms with van der Waals surface area (Å²) in [5, 5.41) is 7.02. The van der Waals surface area contributed by atoms with Crippen molar-refractivity contribution in [3.63, 3.8) is 0 Å². The molecular weight excluding hydrogens is 376 g/mol. The topological polar surface area (TPSA) is 67.8 Å². The molecule has 1 N–H and O–H groups in total. The number of thiazole rings is 1. The fourth-order valence-electron chi connectivity index (χ4n) is 2.64. The molecule has 0 saturated carbocycles. The van der Waals surface area contributed by atoms with E-state index in [1.807, 2.05) is 47.8 Å². The second-order valence-electron chi connectivity index (χ2n) is 5.80. The minimum atomic E-state index is -0.0951. The van der Waals surface area contributed by atoms with E-state index in [2.05, 4.69) is 27.4 Å². The molecule has 0 unspecified atom stereocenters. The molecule has 4 rings (SSSR count). The van der Waals surface area contributed by atoms with Crippen LogP contribution in [0.2, 0.25) is 0 Å². The molecule has 2 aromatic carbocycles. The van der Waals surface area contributed by atoms with Gasteiger partial charge in [-0.25, -0.2) is 15.0 Å².